The molecule has 2 heterocycles. The summed E-state index contributed by atoms with van der Waals surface area (Å²) in [7, 11) is -4.35. The van der Waals surface area contributed by atoms with Crippen LogP contribution in [0.4, 0.5) is 24.5 Å². The maximum absolute atomic E-state index is 14.0. The number of nitrogens with one attached hydrogen (secondary N) is 4. The van der Waals surface area contributed by atoms with E-state index in [4.69, 9.17) is 0 Å². The second-order valence-corrected chi connectivity index (χ2v) is 10.1. The lowest BCUT2D eigenvalue weighted by Crippen LogP contribution is -2.29. The van der Waals surface area contributed by atoms with Crippen LogP contribution in [0.1, 0.15) is 16.7 Å². The van der Waals surface area contributed by atoms with Gasteiger partial charge in [0.25, 0.3) is 10.0 Å². The van der Waals surface area contributed by atoms with Gasteiger partial charge in [0.05, 0.1) is 21.5 Å². The molecule has 12 heteroatoms. The number of anilines is 2. The van der Waals surface area contributed by atoms with E-state index in [1.807, 2.05) is 0 Å². The summed E-state index contributed by atoms with van der Waals surface area (Å²) >= 11 is 0. The predicted octanol–water partition coefficient (Wildman–Crippen LogP) is 3.98. The average Bonchev–Trinajstić information content (AvgIpc) is 3.27. The number of halogens is 3. The third-order valence-corrected chi connectivity index (χ3v) is 7.54. The molecule has 0 spiro atoms. The van der Waals surface area contributed by atoms with E-state index in [2.05, 4.69) is 20.0 Å². The van der Waals surface area contributed by atoms with Gasteiger partial charge in [-0.05, 0) is 65.9 Å². The molecule has 0 radical (unpaired) electrons. The molecule has 36 heavy (non-hydrogen) atoms. The molecule has 186 valence electrons. The van der Waals surface area contributed by atoms with E-state index >= 15 is 0 Å². The van der Waals surface area contributed by atoms with Crippen LogP contribution in [0.25, 0.3) is 22.2 Å². The first kappa shape index (κ1) is 23.7. The molecule has 0 saturated heterocycles. The van der Waals surface area contributed by atoms with Crippen molar-refractivity contribution in [3.63, 3.8) is 0 Å². The summed E-state index contributed by atoms with van der Waals surface area (Å²) in [5, 5.41) is 3.14. The molecule has 4 N–H and O–H groups in total. The minimum Gasteiger partial charge on any atom is -0.384 e. The molecule has 0 bridgehead atoms. The second-order valence-electron chi connectivity index (χ2n) is 8.48. The van der Waals surface area contributed by atoms with E-state index in [9.17, 15) is 31.2 Å². The number of H-pyrrole nitrogens is 2. The van der Waals surface area contributed by atoms with Crippen LogP contribution >= 0.6 is 0 Å². The molecule has 0 saturated carbocycles. The van der Waals surface area contributed by atoms with Gasteiger partial charge in [-0.1, -0.05) is 18.2 Å². The third kappa shape index (κ3) is 4.24. The maximum atomic E-state index is 14.0. The zero-order valence-corrected chi connectivity index (χ0v) is 19.5. The van der Waals surface area contributed by atoms with Crippen molar-refractivity contribution >= 4 is 32.4 Å². The number of rotatable bonds is 4. The Balaban J connectivity index is 1.55. The summed E-state index contributed by atoms with van der Waals surface area (Å²) in [6.07, 6.45) is -3.95. The van der Waals surface area contributed by atoms with E-state index in [0.717, 1.165) is 29.8 Å². The Morgan fingerprint density at radius 1 is 0.917 bits per heavy atom. The molecule has 3 aromatic carbocycles. The molecule has 0 amide bonds. The van der Waals surface area contributed by atoms with Crippen molar-refractivity contribution in [2.45, 2.75) is 24.4 Å². The molecular formula is C24H19F3N4O4S. The SMILES string of the molecule is Cc1cc2[nH]c(=O)c(=O)[nH]c2cc1S(=O)(=O)Nc1ccc(-c2ccc3c(c2)NCC3)c(C(F)(F)F)c1. The summed E-state index contributed by atoms with van der Waals surface area (Å²) in [4.78, 5) is 27.5. The quantitative estimate of drug-likeness (QED) is 0.306. The van der Waals surface area contributed by atoms with Gasteiger partial charge >= 0.3 is 17.3 Å². The minimum atomic E-state index is -4.74. The topological polar surface area (TPSA) is 124 Å². The largest absolute Gasteiger partial charge is 0.417 e. The summed E-state index contributed by atoms with van der Waals surface area (Å²) in [6.45, 7) is 2.17. The van der Waals surface area contributed by atoms with Gasteiger partial charge in [-0.2, -0.15) is 13.2 Å². The fourth-order valence-electron chi connectivity index (χ4n) is 4.31. The summed E-state index contributed by atoms with van der Waals surface area (Å²) in [5.74, 6) is 0. The zero-order valence-electron chi connectivity index (χ0n) is 18.7. The maximum Gasteiger partial charge on any atom is 0.417 e. The second kappa shape index (κ2) is 8.26. The van der Waals surface area contributed by atoms with Crippen molar-refractivity contribution in [2.24, 2.45) is 0 Å². The lowest BCUT2D eigenvalue weighted by molar-refractivity contribution is -0.137. The fraction of sp³-hybridized carbons (Fsp3) is 0.167. The first-order chi connectivity index (χ1) is 16.9. The van der Waals surface area contributed by atoms with Crippen LogP contribution in [0.3, 0.4) is 0 Å². The number of sulfonamides is 1. The van der Waals surface area contributed by atoms with Gasteiger partial charge in [0.2, 0.25) is 0 Å². The van der Waals surface area contributed by atoms with E-state index in [1.54, 1.807) is 18.2 Å². The molecule has 1 aromatic heterocycles. The van der Waals surface area contributed by atoms with Crippen molar-refractivity contribution in [1.82, 2.24) is 9.97 Å². The van der Waals surface area contributed by atoms with Gasteiger partial charge in [0.15, 0.2) is 0 Å². The van der Waals surface area contributed by atoms with Crippen LogP contribution in [-0.4, -0.2) is 24.9 Å². The molecular weight excluding hydrogens is 497 g/mol. The Morgan fingerprint density at radius 3 is 2.31 bits per heavy atom. The van der Waals surface area contributed by atoms with Gasteiger partial charge in [-0.3, -0.25) is 14.3 Å². The number of alkyl halides is 3. The Kier molecular flexibility index (Phi) is 5.43. The molecule has 8 nitrogen and oxygen atoms in total. The monoisotopic (exact) mass is 516 g/mol. The number of benzene rings is 3. The van der Waals surface area contributed by atoms with E-state index in [-0.39, 0.29) is 32.7 Å². The number of hydrogen-bond donors (Lipinski definition) is 4. The summed E-state index contributed by atoms with van der Waals surface area (Å²) in [6, 6.07) is 10.8. The summed E-state index contributed by atoms with van der Waals surface area (Å²) in [5.41, 5.74) is -0.563. The molecule has 0 atom stereocenters. The highest BCUT2D eigenvalue weighted by atomic mass is 32.2. The average molecular weight is 517 g/mol. The first-order valence-electron chi connectivity index (χ1n) is 10.8. The van der Waals surface area contributed by atoms with Gasteiger partial charge in [0.1, 0.15) is 0 Å². The number of hydrogen-bond acceptors (Lipinski definition) is 5. The summed E-state index contributed by atoms with van der Waals surface area (Å²) < 4.78 is 70.4. The van der Waals surface area contributed by atoms with E-state index < -0.39 is 32.9 Å². The predicted molar refractivity (Wildman–Crippen MR) is 130 cm³/mol. The Morgan fingerprint density at radius 2 is 1.61 bits per heavy atom. The molecule has 0 fully saturated rings. The lowest BCUT2D eigenvalue weighted by atomic mass is 9.97. The van der Waals surface area contributed by atoms with Crippen molar-refractivity contribution in [2.75, 3.05) is 16.6 Å². The Labute approximate surface area is 202 Å². The highest BCUT2D eigenvalue weighted by molar-refractivity contribution is 7.92. The van der Waals surface area contributed by atoms with Crippen LogP contribution in [0, 0.1) is 6.92 Å². The smallest absolute Gasteiger partial charge is 0.384 e. The highest BCUT2D eigenvalue weighted by Gasteiger charge is 2.34. The van der Waals surface area contributed by atoms with Gasteiger partial charge in [-0.25, -0.2) is 8.42 Å². The van der Waals surface area contributed by atoms with Crippen molar-refractivity contribution in [1.29, 1.82) is 0 Å². The number of aromatic amines is 2. The fourth-order valence-corrected chi connectivity index (χ4v) is 5.61. The van der Waals surface area contributed by atoms with Crippen molar-refractivity contribution in [3.8, 4) is 11.1 Å². The normalized spacial score (nSPS) is 13.4. The molecule has 4 aromatic rings. The standard InChI is InChI=1S/C24H19F3N4O4S/c1-12-8-19-20(30-23(33)22(32)29-19)11-21(12)36(34,35)31-15-4-5-16(17(10-15)24(25,26)27)14-3-2-13-6-7-28-18(13)9-14/h2-5,8-11,28,31H,6-7H2,1H3,(H,29,32)(H,30,33). The van der Waals surface area contributed by atoms with Crippen LogP contribution in [-0.2, 0) is 22.6 Å². The van der Waals surface area contributed by atoms with Crippen LogP contribution in [0.15, 0.2) is 63.0 Å². The van der Waals surface area contributed by atoms with Crippen LogP contribution in [0.5, 0.6) is 0 Å². The number of fused-ring (bicyclic) bond motifs is 2. The lowest BCUT2D eigenvalue weighted by Gasteiger charge is -2.17. The van der Waals surface area contributed by atoms with E-state index in [1.165, 1.54) is 25.1 Å². The molecule has 0 unspecified atom stereocenters. The molecule has 1 aliphatic heterocycles. The minimum absolute atomic E-state index is 0.0575. The molecule has 1 aliphatic rings. The van der Waals surface area contributed by atoms with Gasteiger partial charge in [-0.15, -0.1) is 0 Å². The zero-order chi connectivity index (χ0) is 25.8. The molecule has 5 rings (SSSR count). The highest BCUT2D eigenvalue weighted by Crippen LogP contribution is 2.40. The van der Waals surface area contributed by atoms with Gasteiger partial charge in [0, 0.05) is 17.9 Å². The molecule has 0 aliphatic carbocycles. The Hall–Kier alpha value is -4.06. The first-order valence-corrected chi connectivity index (χ1v) is 12.3. The number of aryl methyl sites for hydroxylation is 1. The van der Waals surface area contributed by atoms with Crippen molar-refractivity contribution < 1.29 is 21.6 Å². The van der Waals surface area contributed by atoms with Crippen LogP contribution in [0.2, 0.25) is 0 Å². The number of aromatic nitrogens is 2. The van der Waals surface area contributed by atoms with Crippen molar-refractivity contribution in [3.05, 3.63) is 85.9 Å². The van der Waals surface area contributed by atoms with E-state index in [0.29, 0.717) is 12.1 Å². The van der Waals surface area contributed by atoms with Gasteiger partial charge < -0.3 is 15.3 Å². The van der Waals surface area contributed by atoms with Crippen LogP contribution < -0.4 is 21.2 Å². The Bertz CT molecular complexity index is 1760. The third-order valence-electron chi connectivity index (χ3n) is 6.02.